The summed E-state index contributed by atoms with van der Waals surface area (Å²) in [7, 11) is 0. The average Bonchev–Trinajstić information content (AvgIpc) is 2.91. The van der Waals surface area contributed by atoms with Crippen molar-refractivity contribution in [1.82, 2.24) is 19.8 Å². The predicted molar refractivity (Wildman–Crippen MR) is 139 cm³/mol. The Hall–Kier alpha value is -4.02. The molecular formula is C26H31N7O3. The quantitative estimate of drug-likeness (QED) is 0.394. The van der Waals surface area contributed by atoms with Gasteiger partial charge in [-0.05, 0) is 42.3 Å². The molecular weight excluding hydrogens is 458 g/mol. The zero-order chi connectivity index (χ0) is 25.2. The predicted octanol–water partition coefficient (Wildman–Crippen LogP) is 3.07. The van der Waals surface area contributed by atoms with Crippen LogP contribution in [0.3, 0.4) is 0 Å². The number of nitrogens with one attached hydrogen (secondary N) is 2. The summed E-state index contributed by atoms with van der Waals surface area (Å²) >= 11 is 0. The number of pyridine rings is 2. The van der Waals surface area contributed by atoms with Crippen molar-refractivity contribution in [3.8, 4) is 0 Å². The highest BCUT2D eigenvalue weighted by molar-refractivity contribution is 6.04. The zero-order valence-electron chi connectivity index (χ0n) is 20.1. The monoisotopic (exact) mass is 489 g/mol. The molecule has 36 heavy (non-hydrogen) atoms. The summed E-state index contributed by atoms with van der Waals surface area (Å²) in [6.07, 6.45) is 4.07. The number of ether oxygens (including phenoxy) is 1. The average molecular weight is 490 g/mol. The zero-order valence-corrected chi connectivity index (χ0v) is 20.1. The Kier molecular flexibility index (Phi) is 8.79. The number of amides is 3. The molecule has 0 bridgehead atoms. The normalized spacial score (nSPS) is 13.7. The number of nitrogens with two attached hydrogens (primary N) is 1. The summed E-state index contributed by atoms with van der Waals surface area (Å²) in [6.45, 7) is 5.09. The van der Waals surface area contributed by atoms with Crippen molar-refractivity contribution in [2.75, 3.05) is 55.8 Å². The van der Waals surface area contributed by atoms with Gasteiger partial charge < -0.3 is 20.7 Å². The summed E-state index contributed by atoms with van der Waals surface area (Å²) in [5.41, 5.74) is 7.99. The van der Waals surface area contributed by atoms with E-state index in [1.54, 1.807) is 65.8 Å². The maximum absolute atomic E-state index is 13.1. The fourth-order valence-electron chi connectivity index (χ4n) is 3.86. The first-order valence-electron chi connectivity index (χ1n) is 12.0. The molecule has 2 aromatic heterocycles. The number of anilines is 3. The fourth-order valence-corrected chi connectivity index (χ4v) is 3.86. The van der Waals surface area contributed by atoms with Crippen LogP contribution in [0, 0.1) is 0 Å². The number of aromatic nitrogens is 2. The first kappa shape index (κ1) is 25.1. The lowest BCUT2D eigenvalue weighted by Crippen LogP contribution is -2.40. The molecule has 0 saturated carbocycles. The smallest absolute Gasteiger partial charge is 0.323 e. The Labute approximate surface area is 210 Å². The number of rotatable bonds is 9. The van der Waals surface area contributed by atoms with Gasteiger partial charge in [0.15, 0.2) is 0 Å². The van der Waals surface area contributed by atoms with Crippen LogP contribution in [0.2, 0.25) is 0 Å². The van der Waals surface area contributed by atoms with Gasteiger partial charge in [-0.1, -0.05) is 24.3 Å². The Morgan fingerprint density at radius 3 is 2.53 bits per heavy atom. The number of carbonyl (C=O) groups is 2. The van der Waals surface area contributed by atoms with Crippen molar-refractivity contribution in [3.05, 3.63) is 78.2 Å². The van der Waals surface area contributed by atoms with Crippen LogP contribution in [0.5, 0.6) is 0 Å². The van der Waals surface area contributed by atoms with E-state index < -0.39 is 0 Å². The van der Waals surface area contributed by atoms with Crippen LogP contribution in [-0.2, 0) is 11.3 Å². The third-order valence-corrected chi connectivity index (χ3v) is 5.83. The summed E-state index contributed by atoms with van der Waals surface area (Å²) in [5.74, 6) is 0.140. The second kappa shape index (κ2) is 12.6. The molecule has 4 rings (SSSR count). The van der Waals surface area contributed by atoms with Crippen molar-refractivity contribution in [2.24, 2.45) is 0 Å². The summed E-state index contributed by atoms with van der Waals surface area (Å²) in [4.78, 5) is 38.2. The Bertz CT molecular complexity index is 1140. The van der Waals surface area contributed by atoms with Gasteiger partial charge in [-0.2, -0.15) is 0 Å². The lowest BCUT2D eigenvalue weighted by Gasteiger charge is -2.28. The number of carbonyl (C=O) groups excluding carboxylic acids is 2. The second-order valence-corrected chi connectivity index (χ2v) is 8.47. The lowest BCUT2D eigenvalue weighted by molar-refractivity contribution is 0.0365. The molecule has 1 saturated heterocycles. The van der Waals surface area contributed by atoms with Gasteiger partial charge in [-0.25, -0.2) is 9.78 Å². The number of urea groups is 1. The maximum Gasteiger partial charge on any atom is 0.323 e. The van der Waals surface area contributed by atoms with Crippen LogP contribution >= 0.6 is 0 Å². The van der Waals surface area contributed by atoms with Gasteiger partial charge in [0.1, 0.15) is 11.5 Å². The molecule has 3 heterocycles. The van der Waals surface area contributed by atoms with E-state index >= 15 is 0 Å². The molecule has 3 amide bonds. The van der Waals surface area contributed by atoms with Crippen LogP contribution in [0.4, 0.5) is 22.0 Å². The largest absolute Gasteiger partial charge is 0.397 e. The van der Waals surface area contributed by atoms with E-state index in [-0.39, 0.29) is 17.6 Å². The van der Waals surface area contributed by atoms with Crippen molar-refractivity contribution < 1.29 is 14.3 Å². The number of hydrogen-bond donors (Lipinski definition) is 3. The first-order chi connectivity index (χ1) is 17.6. The first-order valence-corrected chi connectivity index (χ1v) is 12.0. The summed E-state index contributed by atoms with van der Waals surface area (Å²) in [6, 6.07) is 15.6. The third-order valence-electron chi connectivity index (χ3n) is 5.83. The van der Waals surface area contributed by atoms with Gasteiger partial charge in [0, 0.05) is 45.1 Å². The van der Waals surface area contributed by atoms with Crippen molar-refractivity contribution in [2.45, 2.75) is 13.0 Å². The molecule has 4 N–H and O–H groups in total. The van der Waals surface area contributed by atoms with Crippen LogP contribution in [-0.4, -0.2) is 71.1 Å². The highest BCUT2D eigenvalue weighted by atomic mass is 16.5. The van der Waals surface area contributed by atoms with E-state index in [2.05, 4.69) is 25.5 Å². The number of hydrogen-bond acceptors (Lipinski definition) is 7. The lowest BCUT2D eigenvalue weighted by atomic mass is 10.2. The minimum atomic E-state index is -0.352. The number of para-hydroxylation sites is 2. The maximum atomic E-state index is 13.1. The van der Waals surface area contributed by atoms with Crippen molar-refractivity contribution in [3.63, 3.8) is 0 Å². The Morgan fingerprint density at radius 1 is 1.00 bits per heavy atom. The Balaban J connectivity index is 1.39. The Morgan fingerprint density at radius 2 is 1.81 bits per heavy atom. The van der Waals surface area contributed by atoms with Crippen LogP contribution in [0.1, 0.15) is 22.5 Å². The molecule has 1 fully saturated rings. The molecule has 1 aliphatic rings. The topological polar surface area (TPSA) is 126 Å². The van der Waals surface area contributed by atoms with Gasteiger partial charge in [-0.15, -0.1) is 0 Å². The number of benzene rings is 1. The summed E-state index contributed by atoms with van der Waals surface area (Å²) in [5, 5.41) is 5.63. The number of nitrogens with zero attached hydrogens (tertiary/aromatic N) is 4. The minimum absolute atomic E-state index is 0.239. The van der Waals surface area contributed by atoms with Crippen LogP contribution < -0.4 is 16.4 Å². The molecule has 10 heteroatoms. The molecule has 3 aromatic rings. The molecule has 1 aromatic carbocycles. The van der Waals surface area contributed by atoms with Gasteiger partial charge in [-0.3, -0.25) is 20.0 Å². The van der Waals surface area contributed by atoms with Gasteiger partial charge in [0.05, 0.1) is 24.6 Å². The minimum Gasteiger partial charge on any atom is -0.397 e. The molecule has 1 aliphatic heterocycles. The van der Waals surface area contributed by atoms with E-state index in [9.17, 15) is 9.59 Å². The molecule has 10 nitrogen and oxygen atoms in total. The van der Waals surface area contributed by atoms with E-state index in [4.69, 9.17) is 10.5 Å². The van der Waals surface area contributed by atoms with Crippen molar-refractivity contribution >= 4 is 29.1 Å². The summed E-state index contributed by atoms with van der Waals surface area (Å²) < 4.78 is 5.41. The van der Waals surface area contributed by atoms with Gasteiger partial charge in [0.25, 0.3) is 5.91 Å². The molecule has 0 radical (unpaired) electrons. The highest BCUT2D eigenvalue weighted by Gasteiger charge is 2.17. The van der Waals surface area contributed by atoms with E-state index in [1.165, 1.54) is 0 Å². The van der Waals surface area contributed by atoms with E-state index in [0.717, 1.165) is 44.8 Å². The number of morpholine rings is 1. The van der Waals surface area contributed by atoms with E-state index in [0.29, 0.717) is 30.3 Å². The van der Waals surface area contributed by atoms with Gasteiger partial charge in [0.2, 0.25) is 0 Å². The van der Waals surface area contributed by atoms with E-state index in [1.807, 2.05) is 6.07 Å². The fraction of sp³-hybridized carbons (Fsp3) is 0.308. The molecule has 0 aliphatic carbocycles. The molecule has 0 atom stereocenters. The SMILES string of the molecule is Nc1ccccc1NC(=O)c1ccc(CN(CCCN2CCOCC2)C(=O)Nc2ccccn2)cn1. The van der Waals surface area contributed by atoms with Crippen LogP contribution in [0.15, 0.2) is 67.0 Å². The standard InChI is InChI=1S/C26H31N7O3/c27-21-6-1-2-7-22(21)30-25(34)23-10-9-20(18-29-23)19-33(13-5-12-32-14-16-36-17-15-32)26(35)31-24-8-3-4-11-28-24/h1-4,6-11,18H,5,12-17,19,27H2,(H,30,34)(H,28,31,35). The molecule has 188 valence electrons. The van der Waals surface area contributed by atoms with Crippen molar-refractivity contribution in [1.29, 1.82) is 0 Å². The van der Waals surface area contributed by atoms with Crippen LogP contribution in [0.25, 0.3) is 0 Å². The third kappa shape index (κ3) is 7.24. The molecule has 0 spiro atoms. The second-order valence-electron chi connectivity index (χ2n) is 8.47. The number of nitrogen functional groups attached to an aromatic ring is 1. The van der Waals surface area contributed by atoms with Gasteiger partial charge >= 0.3 is 6.03 Å². The highest BCUT2D eigenvalue weighted by Crippen LogP contribution is 2.18. The molecule has 0 unspecified atom stereocenters.